The highest BCUT2D eigenvalue weighted by Gasteiger charge is 2.35. The Balaban J connectivity index is 1.51. The summed E-state index contributed by atoms with van der Waals surface area (Å²) in [5.41, 5.74) is 4.10. The van der Waals surface area contributed by atoms with E-state index in [0.717, 1.165) is 41.1 Å². The Hall–Kier alpha value is -2.96. The van der Waals surface area contributed by atoms with Gasteiger partial charge in [0.15, 0.2) is 0 Å². The maximum absolute atomic E-state index is 12.5. The molecule has 1 aliphatic rings. The molecule has 134 valence electrons. The highest BCUT2D eigenvalue weighted by Crippen LogP contribution is 2.40. The zero-order valence-electron chi connectivity index (χ0n) is 15.2. The molecule has 0 radical (unpaired) electrons. The Morgan fingerprint density at radius 1 is 1.19 bits per heavy atom. The number of aryl methyl sites for hydroxylation is 3. The number of amides is 2. The molecule has 1 fully saturated rings. The Labute approximate surface area is 151 Å². The number of hydrogen-bond acceptors (Lipinski definition) is 4. The third-order valence-electron chi connectivity index (χ3n) is 4.85. The SMILES string of the molecule is Cc1nc2ccc(NC(=O)NC(c3nccn3C)C3CC3)cc2nc1C. The maximum Gasteiger partial charge on any atom is 0.319 e. The number of fused-ring (bicyclic) bond motifs is 1. The molecule has 1 aliphatic carbocycles. The lowest BCUT2D eigenvalue weighted by Crippen LogP contribution is -2.35. The minimum atomic E-state index is -0.235. The number of benzene rings is 1. The molecule has 0 bridgehead atoms. The van der Waals surface area contributed by atoms with Crippen LogP contribution in [0.15, 0.2) is 30.6 Å². The minimum absolute atomic E-state index is 0.0693. The number of nitrogens with one attached hydrogen (secondary N) is 2. The van der Waals surface area contributed by atoms with Gasteiger partial charge in [-0.25, -0.2) is 19.7 Å². The fourth-order valence-corrected chi connectivity index (χ4v) is 3.12. The number of anilines is 1. The van der Waals surface area contributed by atoms with E-state index in [4.69, 9.17) is 0 Å². The van der Waals surface area contributed by atoms with E-state index in [1.165, 1.54) is 0 Å². The average Bonchev–Trinajstić information content (AvgIpc) is 3.35. The number of rotatable bonds is 4. The van der Waals surface area contributed by atoms with Gasteiger partial charge < -0.3 is 15.2 Å². The summed E-state index contributed by atoms with van der Waals surface area (Å²) in [5, 5.41) is 5.98. The monoisotopic (exact) mass is 350 g/mol. The lowest BCUT2D eigenvalue weighted by Gasteiger charge is -2.18. The van der Waals surface area contributed by atoms with Crippen LogP contribution in [0.4, 0.5) is 10.5 Å². The van der Waals surface area contributed by atoms with Gasteiger partial charge in [0.25, 0.3) is 0 Å². The van der Waals surface area contributed by atoms with E-state index < -0.39 is 0 Å². The molecule has 26 heavy (non-hydrogen) atoms. The van der Waals surface area contributed by atoms with Crippen molar-refractivity contribution >= 4 is 22.8 Å². The van der Waals surface area contributed by atoms with Crippen molar-refractivity contribution in [3.63, 3.8) is 0 Å². The standard InChI is InChI=1S/C19H22N6O/c1-11-12(2)22-16-10-14(6-7-15(16)21-11)23-19(26)24-17(13-4-5-13)18-20-8-9-25(18)3/h6-10,13,17H,4-5H2,1-3H3,(H2,23,24,26). The van der Waals surface area contributed by atoms with Crippen LogP contribution in [0.1, 0.15) is 36.1 Å². The molecule has 1 aromatic carbocycles. The zero-order chi connectivity index (χ0) is 18.3. The molecule has 2 N–H and O–H groups in total. The lowest BCUT2D eigenvalue weighted by atomic mass is 10.1. The fourth-order valence-electron chi connectivity index (χ4n) is 3.12. The molecule has 4 rings (SSSR count). The van der Waals surface area contributed by atoms with Gasteiger partial charge >= 0.3 is 6.03 Å². The summed E-state index contributed by atoms with van der Waals surface area (Å²) in [6, 6.07) is 5.27. The number of nitrogens with zero attached hydrogens (tertiary/aromatic N) is 4. The van der Waals surface area contributed by atoms with Gasteiger partial charge in [0.1, 0.15) is 5.82 Å². The molecule has 3 aromatic rings. The minimum Gasteiger partial charge on any atom is -0.336 e. The van der Waals surface area contributed by atoms with Crippen LogP contribution in [-0.2, 0) is 7.05 Å². The predicted molar refractivity (Wildman–Crippen MR) is 99.8 cm³/mol. The largest absolute Gasteiger partial charge is 0.336 e. The van der Waals surface area contributed by atoms with E-state index in [2.05, 4.69) is 25.6 Å². The van der Waals surface area contributed by atoms with E-state index in [-0.39, 0.29) is 12.1 Å². The van der Waals surface area contributed by atoms with Crippen LogP contribution in [-0.4, -0.2) is 25.6 Å². The van der Waals surface area contributed by atoms with Gasteiger partial charge in [-0.1, -0.05) is 0 Å². The summed E-state index contributed by atoms with van der Waals surface area (Å²) in [6.07, 6.45) is 5.89. The van der Waals surface area contributed by atoms with Gasteiger partial charge in [-0.15, -0.1) is 0 Å². The number of hydrogen-bond donors (Lipinski definition) is 2. The third kappa shape index (κ3) is 3.24. The normalized spacial score (nSPS) is 15.0. The maximum atomic E-state index is 12.5. The molecule has 0 aliphatic heterocycles. The summed E-state index contributed by atoms with van der Waals surface area (Å²) in [5.74, 6) is 1.34. The summed E-state index contributed by atoms with van der Waals surface area (Å²) in [7, 11) is 1.95. The van der Waals surface area contributed by atoms with E-state index in [9.17, 15) is 4.79 Å². The Bertz CT molecular complexity index is 975. The second-order valence-corrected chi connectivity index (χ2v) is 6.91. The van der Waals surface area contributed by atoms with Gasteiger partial charge in [-0.05, 0) is 50.8 Å². The number of imidazole rings is 1. The van der Waals surface area contributed by atoms with Gasteiger partial charge in [0.05, 0.1) is 28.5 Å². The van der Waals surface area contributed by atoms with Crippen LogP contribution < -0.4 is 10.6 Å². The first-order valence-corrected chi connectivity index (χ1v) is 8.81. The van der Waals surface area contributed by atoms with Crippen molar-refractivity contribution in [3.05, 3.63) is 47.8 Å². The van der Waals surface area contributed by atoms with Gasteiger partial charge in [-0.3, -0.25) is 0 Å². The lowest BCUT2D eigenvalue weighted by molar-refractivity contribution is 0.246. The molecule has 0 saturated heterocycles. The number of carbonyl (C=O) groups is 1. The van der Waals surface area contributed by atoms with Crippen molar-refractivity contribution in [3.8, 4) is 0 Å². The van der Waals surface area contributed by atoms with Crippen LogP contribution >= 0.6 is 0 Å². The molecule has 1 atom stereocenters. The van der Waals surface area contributed by atoms with E-state index in [1.54, 1.807) is 6.20 Å². The first-order valence-electron chi connectivity index (χ1n) is 8.81. The molecular formula is C19H22N6O. The Kier molecular flexibility index (Phi) is 4.06. The van der Waals surface area contributed by atoms with E-state index in [0.29, 0.717) is 11.6 Å². The van der Waals surface area contributed by atoms with Crippen LogP contribution in [0, 0.1) is 19.8 Å². The molecule has 7 heteroatoms. The predicted octanol–water partition coefficient (Wildman–Crippen LogP) is 3.25. The Morgan fingerprint density at radius 2 is 1.92 bits per heavy atom. The van der Waals surface area contributed by atoms with Crippen molar-refractivity contribution in [1.29, 1.82) is 0 Å². The zero-order valence-corrected chi connectivity index (χ0v) is 15.2. The molecule has 1 unspecified atom stereocenters. The molecular weight excluding hydrogens is 328 g/mol. The first-order chi connectivity index (χ1) is 12.5. The molecule has 2 heterocycles. The van der Waals surface area contributed by atoms with Crippen LogP contribution in [0.2, 0.25) is 0 Å². The smallest absolute Gasteiger partial charge is 0.319 e. The van der Waals surface area contributed by atoms with Crippen molar-refractivity contribution in [2.45, 2.75) is 32.7 Å². The number of urea groups is 1. The van der Waals surface area contributed by atoms with Gasteiger partial charge in [0.2, 0.25) is 0 Å². The van der Waals surface area contributed by atoms with Crippen molar-refractivity contribution < 1.29 is 4.79 Å². The van der Waals surface area contributed by atoms with E-state index in [1.807, 2.05) is 49.9 Å². The average molecular weight is 350 g/mol. The first kappa shape index (κ1) is 16.5. The van der Waals surface area contributed by atoms with Crippen molar-refractivity contribution in [2.75, 3.05) is 5.32 Å². The van der Waals surface area contributed by atoms with Crippen LogP contribution in [0.3, 0.4) is 0 Å². The van der Waals surface area contributed by atoms with Crippen LogP contribution in [0.5, 0.6) is 0 Å². The van der Waals surface area contributed by atoms with Crippen molar-refractivity contribution in [1.82, 2.24) is 24.8 Å². The van der Waals surface area contributed by atoms with Crippen molar-refractivity contribution in [2.24, 2.45) is 13.0 Å². The van der Waals surface area contributed by atoms with Gasteiger partial charge in [-0.2, -0.15) is 0 Å². The quantitative estimate of drug-likeness (QED) is 0.756. The van der Waals surface area contributed by atoms with E-state index >= 15 is 0 Å². The molecule has 7 nitrogen and oxygen atoms in total. The highest BCUT2D eigenvalue weighted by atomic mass is 16.2. The highest BCUT2D eigenvalue weighted by molar-refractivity contribution is 5.92. The second-order valence-electron chi connectivity index (χ2n) is 6.91. The summed E-state index contributed by atoms with van der Waals surface area (Å²) in [6.45, 7) is 3.87. The topological polar surface area (TPSA) is 84.7 Å². The summed E-state index contributed by atoms with van der Waals surface area (Å²) >= 11 is 0. The molecule has 2 amide bonds. The van der Waals surface area contributed by atoms with Gasteiger partial charge in [0, 0.05) is 25.1 Å². The second kappa shape index (κ2) is 6.40. The Morgan fingerprint density at radius 3 is 2.58 bits per heavy atom. The number of carbonyl (C=O) groups excluding carboxylic acids is 1. The summed E-state index contributed by atoms with van der Waals surface area (Å²) in [4.78, 5) is 26.0. The third-order valence-corrected chi connectivity index (χ3v) is 4.85. The molecule has 0 spiro atoms. The fraction of sp³-hybridized carbons (Fsp3) is 0.368. The summed E-state index contributed by atoms with van der Waals surface area (Å²) < 4.78 is 1.96. The number of aromatic nitrogens is 4. The van der Waals surface area contributed by atoms with Crippen LogP contribution in [0.25, 0.3) is 11.0 Å². The molecule has 2 aromatic heterocycles. The molecule has 1 saturated carbocycles.